The molecule has 0 radical (unpaired) electrons. The van der Waals surface area contributed by atoms with Crippen molar-refractivity contribution >= 4 is 11.8 Å². The Bertz CT molecular complexity index is 573. The van der Waals surface area contributed by atoms with Gasteiger partial charge in [0.25, 0.3) is 5.22 Å². The first-order chi connectivity index (χ1) is 9.71. The molecule has 1 N–H and O–H groups in total. The maximum absolute atomic E-state index is 9.36. The fraction of sp³-hybridized carbons (Fsp3) is 0.429. The van der Waals surface area contributed by atoms with Crippen molar-refractivity contribution in [2.45, 2.75) is 12.1 Å². The zero-order chi connectivity index (χ0) is 14.0. The van der Waals surface area contributed by atoms with E-state index in [1.807, 2.05) is 31.2 Å². The number of benzene rings is 1. The molecule has 1 aromatic heterocycles. The molecule has 1 fully saturated rings. The van der Waals surface area contributed by atoms with Crippen LogP contribution < -0.4 is 0 Å². The number of thioether (sulfide) groups is 1. The van der Waals surface area contributed by atoms with Gasteiger partial charge in [0.2, 0.25) is 5.89 Å². The minimum atomic E-state index is -0.150. The molecule has 0 bridgehead atoms. The Morgan fingerprint density at radius 1 is 1.25 bits per heavy atom. The van der Waals surface area contributed by atoms with E-state index in [-0.39, 0.29) is 12.0 Å². The summed E-state index contributed by atoms with van der Waals surface area (Å²) in [5.74, 6) is 1.24. The van der Waals surface area contributed by atoms with E-state index in [4.69, 9.17) is 9.15 Å². The topological polar surface area (TPSA) is 68.4 Å². The second-order valence-electron chi connectivity index (χ2n) is 5.18. The van der Waals surface area contributed by atoms with Crippen molar-refractivity contribution in [3.05, 3.63) is 29.8 Å². The van der Waals surface area contributed by atoms with Crippen molar-refractivity contribution in [3.8, 4) is 11.5 Å². The Morgan fingerprint density at radius 2 is 2.00 bits per heavy atom. The summed E-state index contributed by atoms with van der Waals surface area (Å²) < 4.78 is 10.8. The Hall–Kier alpha value is -1.37. The normalized spacial score (nSPS) is 16.9. The van der Waals surface area contributed by atoms with Gasteiger partial charge in [-0.25, -0.2) is 0 Å². The molecule has 5 nitrogen and oxygen atoms in total. The Balaban J connectivity index is 1.66. The van der Waals surface area contributed by atoms with Gasteiger partial charge < -0.3 is 14.3 Å². The van der Waals surface area contributed by atoms with Crippen LogP contribution in [-0.2, 0) is 4.74 Å². The summed E-state index contributed by atoms with van der Waals surface area (Å²) in [5, 5.41) is 18.0. The molecular weight excluding hydrogens is 276 g/mol. The van der Waals surface area contributed by atoms with Crippen molar-refractivity contribution in [1.29, 1.82) is 0 Å². The predicted molar refractivity (Wildman–Crippen MR) is 75.5 cm³/mol. The number of ether oxygens (including phenoxy) is 1. The number of aromatic nitrogens is 2. The molecule has 0 saturated carbocycles. The number of aliphatic hydroxyl groups is 1. The minimum absolute atomic E-state index is 0.124. The quantitative estimate of drug-likeness (QED) is 0.852. The van der Waals surface area contributed by atoms with Crippen LogP contribution in [0.1, 0.15) is 5.56 Å². The van der Waals surface area contributed by atoms with E-state index in [1.165, 1.54) is 17.3 Å². The maximum atomic E-state index is 9.36. The summed E-state index contributed by atoms with van der Waals surface area (Å²) >= 11 is 1.47. The molecule has 3 rings (SSSR count). The summed E-state index contributed by atoms with van der Waals surface area (Å²) in [6.45, 7) is 3.35. The third-order valence-corrected chi connectivity index (χ3v) is 4.53. The molecule has 0 aliphatic carbocycles. The van der Waals surface area contributed by atoms with Crippen LogP contribution in [0.15, 0.2) is 33.9 Å². The first kappa shape index (κ1) is 13.6. The first-order valence-corrected chi connectivity index (χ1v) is 7.41. The lowest BCUT2D eigenvalue weighted by molar-refractivity contribution is -0.121. The first-order valence-electron chi connectivity index (χ1n) is 6.43. The third kappa shape index (κ3) is 2.72. The summed E-state index contributed by atoms with van der Waals surface area (Å²) in [6, 6.07) is 7.95. The molecule has 2 heterocycles. The van der Waals surface area contributed by atoms with Gasteiger partial charge >= 0.3 is 0 Å². The van der Waals surface area contributed by atoms with Crippen molar-refractivity contribution in [3.63, 3.8) is 0 Å². The third-order valence-electron chi connectivity index (χ3n) is 3.36. The standard InChI is InChI=1S/C14H16N2O3S/c1-10-2-4-11(5-3-10)12-15-16-13(19-12)20-9-14(6-17)7-18-8-14/h2-5,17H,6-9H2,1H3. The van der Waals surface area contributed by atoms with Gasteiger partial charge in [-0.15, -0.1) is 10.2 Å². The van der Waals surface area contributed by atoms with Gasteiger partial charge in [-0.1, -0.05) is 29.5 Å². The van der Waals surface area contributed by atoms with E-state index in [1.54, 1.807) is 0 Å². The van der Waals surface area contributed by atoms with Crippen LogP contribution in [0.2, 0.25) is 0 Å². The summed E-state index contributed by atoms with van der Waals surface area (Å²) in [6.07, 6.45) is 0. The molecule has 0 spiro atoms. The van der Waals surface area contributed by atoms with E-state index in [0.717, 1.165) is 11.3 Å². The molecule has 0 unspecified atom stereocenters. The number of nitrogens with zero attached hydrogens (tertiary/aromatic N) is 2. The second kappa shape index (κ2) is 5.55. The van der Waals surface area contributed by atoms with Crippen LogP contribution in [0.5, 0.6) is 0 Å². The summed E-state index contributed by atoms with van der Waals surface area (Å²) in [7, 11) is 0. The Kier molecular flexibility index (Phi) is 3.78. The average molecular weight is 292 g/mol. The molecule has 20 heavy (non-hydrogen) atoms. The highest BCUT2D eigenvalue weighted by atomic mass is 32.2. The van der Waals surface area contributed by atoms with E-state index >= 15 is 0 Å². The van der Waals surface area contributed by atoms with Crippen LogP contribution in [0, 0.1) is 12.3 Å². The predicted octanol–water partition coefficient (Wildman–Crippen LogP) is 2.15. The molecule has 106 valence electrons. The fourth-order valence-electron chi connectivity index (χ4n) is 1.91. The molecule has 1 aliphatic heterocycles. The van der Waals surface area contributed by atoms with E-state index in [2.05, 4.69) is 10.2 Å². The Morgan fingerprint density at radius 3 is 2.60 bits per heavy atom. The van der Waals surface area contributed by atoms with E-state index in [9.17, 15) is 5.11 Å². The van der Waals surface area contributed by atoms with Gasteiger partial charge in [-0.05, 0) is 19.1 Å². The lowest BCUT2D eigenvalue weighted by atomic mass is 9.90. The van der Waals surface area contributed by atoms with Crippen LogP contribution in [0.3, 0.4) is 0 Å². The minimum Gasteiger partial charge on any atom is -0.411 e. The highest BCUT2D eigenvalue weighted by Crippen LogP contribution is 2.34. The van der Waals surface area contributed by atoms with Gasteiger partial charge in [-0.3, -0.25) is 0 Å². The number of hydrogen-bond acceptors (Lipinski definition) is 6. The number of hydrogen-bond donors (Lipinski definition) is 1. The number of aliphatic hydroxyl groups excluding tert-OH is 1. The fourth-order valence-corrected chi connectivity index (χ4v) is 2.83. The number of aryl methyl sites for hydroxylation is 1. The van der Waals surface area contributed by atoms with Gasteiger partial charge in [0.15, 0.2) is 0 Å². The van der Waals surface area contributed by atoms with Crippen LogP contribution in [-0.4, -0.2) is 40.9 Å². The molecule has 0 amide bonds. The smallest absolute Gasteiger partial charge is 0.276 e. The summed E-state index contributed by atoms with van der Waals surface area (Å²) in [4.78, 5) is 0. The van der Waals surface area contributed by atoms with E-state index in [0.29, 0.717) is 24.3 Å². The Labute approximate surface area is 121 Å². The van der Waals surface area contributed by atoms with Gasteiger partial charge in [0.05, 0.1) is 19.8 Å². The largest absolute Gasteiger partial charge is 0.411 e. The van der Waals surface area contributed by atoms with Crippen molar-refractivity contribution in [1.82, 2.24) is 10.2 Å². The highest BCUT2D eigenvalue weighted by molar-refractivity contribution is 7.99. The number of rotatable bonds is 5. The molecular formula is C14H16N2O3S. The van der Waals surface area contributed by atoms with Crippen molar-refractivity contribution in [2.24, 2.45) is 5.41 Å². The molecule has 6 heteroatoms. The van der Waals surface area contributed by atoms with Crippen LogP contribution in [0.4, 0.5) is 0 Å². The summed E-state index contributed by atoms with van der Waals surface area (Å²) in [5.41, 5.74) is 1.96. The monoisotopic (exact) mass is 292 g/mol. The molecule has 0 atom stereocenters. The lowest BCUT2D eigenvalue weighted by Crippen LogP contribution is -2.47. The highest BCUT2D eigenvalue weighted by Gasteiger charge is 2.38. The maximum Gasteiger partial charge on any atom is 0.276 e. The molecule has 1 aliphatic rings. The van der Waals surface area contributed by atoms with Crippen molar-refractivity contribution in [2.75, 3.05) is 25.6 Å². The van der Waals surface area contributed by atoms with Crippen LogP contribution >= 0.6 is 11.8 Å². The molecule has 2 aromatic rings. The van der Waals surface area contributed by atoms with Crippen molar-refractivity contribution < 1.29 is 14.3 Å². The zero-order valence-corrected chi connectivity index (χ0v) is 12.0. The lowest BCUT2D eigenvalue weighted by Gasteiger charge is -2.39. The average Bonchev–Trinajstić information content (AvgIpc) is 2.88. The van der Waals surface area contributed by atoms with Gasteiger partial charge in [-0.2, -0.15) is 0 Å². The molecule has 1 saturated heterocycles. The molecule has 1 aromatic carbocycles. The zero-order valence-electron chi connectivity index (χ0n) is 11.2. The van der Waals surface area contributed by atoms with Gasteiger partial charge in [0.1, 0.15) is 0 Å². The SMILES string of the molecule is Cc1ccc(-c2nnc(SCC3(CO)COC3)o2)cc1. The van der Waals surface area contributed by atoms with E-state index < -0.39 is 0 Å². The second-order valence-corrected chi connectivity index (χ2v) is 6.11. The van der Waals surface area contributed by atoms with Gasteiger partial charge in [0, 0.05) is 16.7 Å². The van der Waals surface area contributed by atoms with Crippen LogP contribution in [0.25, 0.3) is 11.5 Å².